The number of halogens is 1. The molecule has 2 aromatic rings. The van der Waals surface area contributed by atoms with Gasteiger partial charge in [-0.05, 0) is 19.1 Å². The van der Waals surface area contributed by atoms with Crippen molar-refractivity contribution >= 4 is 23.1 Å². The smallest absolute Gasteiger partial charge is 0.138 e. The Morgan fingerprint density at radius 1 is 1.13 bits per heavy atom. The van der Waals surface area contributed by atoms with E-state index in [2.05, 4.69) is 15.3 Å². The Balaban J connectivity index is 2.29. The highest BCUT2D eigenvalue weighted by Gasteiger charge is 2.04. The number of benzene rings is 1. The van der Waals surface area contributed by atoms with Crippen molar-refractivity contribution in [1.29, 1.82) is 0 Å². The molecule has 0 amide bonds. The number of nitrogens with zero attached hydrogens (tertiary/aromatic N) is 2. The van der Waals surface area contributed by atoms with E-state index in [9.17, 15) is 0 Å². The summed E-state index contributed by atoms with van der Waals surface area (Å²) in [6.07, 6.45) is 1.45. The van der Waals surface area contributed by atoms with Gasteiger partial charge in [-0.1, -0.05) is 29.8 Å². The lowest BCUT2D eigenvalue weighted by Crippen LogP contribution is -1.97. The Kier molecular flexibility index (Phi) is 2.83. The first-order valence-corrected chi connectivity index (χ1v) is 4.94. The Bertz CT molecular complexity index is 457. The van der Waals surface area contributed by atoms with E-state index < -0.39 is 0 Å². The number of rotatable bonds is 2. The van der Waals surface area contributed by atoms with Gasteiger partial charge in [-0.15, -0.1) is 0 Å². The second kappa shape index (κ2) is 4.28. The molecule has 0 bridgehead atoms. The SMILES string of the molecule is Cc1c(Cl)ncnc1Nc1ccccc1. The van der Waals surface area contributed by atoms with E-state index in [1.807, 2.05) is 37.3 Å². The quantitative estimate of drug-likeness (QED) is 0.789. The van der Waals surface area contributed by atoms with E-state index in [1.54, 1.807) is 0 Å². The number of hydrogen-bond acceptors (Lipinski definition) is 3. The molecule has 0 aliphatic carbocycles. The molecule has 0 saturated carbocycles. The summed E-state index contributed by atoms with van der Waals surface area (Å²) in [6.45, 7) is 1.88. The monoisotopic (exact) mass is 219 g/mol. The Labute approximate surface area is 93.1 Å². The second-order valence-electron chi connectivity index (χ2n) is 3.13. The molecule has 0 fully saturated rings. The van der Waals surface area contributed by atoms with Crippen molar-refractivity contribution in [3.8, 4) is 0 Å². The minimum absolute atomic E-state index is 0.475. The number of hydrogen-bond donors (Lipinski definition) is 1. The van der Waals surface area contributed by atoms with Crippen LogP contribution in [0.25, 0.3) is 0 Å². The highest BCUT2D eigenvalue weighted by Crippen LogP contribution is 2.21. The third kappa shape index (κ3) is 2.25. The zero-order valence-corrected chi connectivity index (χ0v) is 8.99. The van der Waals surface area contributed by atoms with Crippen molar-refractivity contribution in [2.75, 3.05) is 5.32 Å². The number of nitrogens with one attached hydrogen (secondary N) is 1. The molecule has 1 aromatic heterocycles. The van der Waals surface area contributed by atoms with Crippen molar-refractivity contribution in [1.82, 2.24) is 9.97 Å². The lowest BCUT2D eigenvalue weighted by Gasteiger charge is -2.08. The molecule has 0 saturated heterocycles. The highest BCUT2D eigenvalue weighted by atomic mass is 35.5. The molecule has 1 heterocycles. The van der Waals surface area contributed by atoms with Crippen LogP contribution in [0, 0.1) is 6.92 Å². The third-order valence-electron chi connectivity index (χ3n) is 2.06. The molecule has 0 aliphatic heterocycles. The summed E-state index contributed by atoms with van der Waals surface area (Å²) in [4.78, 5) is 8.02. The predicted octanol–water partition coefficient (Wildman–Crippen LogP) is 3.18. The van der Waals surface area contributed by atoms with Gasteiger partial charge in [0, 0.05) is 11.3 Å². The van der Waals surface area contributed by atoms with Crippen LogP contribution in [0.15, 0.2) is 36.7 Å². The molecule has 0 aliphatic rings. The first-order chi connectivity index (χ1) is 7.27. The molecule has 1 N–H and O–H groups in total. The largest absolute Gasteiger partial charge is 0.340 e. The molecule has 0 unspecified atom stereocenters. The van der Waals surface area contributed by atoms with Gasteiger partial charge in [-0.3, -0.25) is 0 Å². The standard InChI is InChI=1S/C11H10ClN3/c1-8-10(12)13-7-14-11(8)15-9-5-3-2-4-6-9/h2-7H,1H3,(H,13,14,15). The van der Waals surface area contributed by atoms with Gasteiger partial charge in [0.05, 0.1) is 0 Å². The molecule has 0 atom stereocenters. The van der Waals surface area contributed by atoms with Crippen LogP contribution in [0.3, 0.4) is 0 Å². The summed E-state index contributed by atoms with van der Waals surface area (Å²) in [5.74, 6) is 0.737. The molecule has 2 rings (SSSR count). The van der Waals surface area contributed by atoms with Crippen molar-refractivity contribution in [2.24, 2.45) is 0 Å². The number of aromatic nitrogens is 2. The van der Waals surface area contributed by atoms with Gasteiger partial charge < -0.3 is 5.32 Å². The first kappa shape index (κ1) is 9.93. The van der Waals surface area contributed by atoms with E-state index in [-0.39, 0.29) is 0 Å². The fraction of sp³-hybridized carbons (Fsp3) is 0.0909. The van der Waals surface area contributed by atoms with Crippen LogP contribution in [0.5, 0.6) is 0 Å². The van der Waals surface area contributed by atoms with Crippen molar-refractivity contribution in [3.05, 3.63) is 47.4 Å². The summed E-state index contributed by atoms with van der Waals surface area (Å²) in [5.41, 5.74) is 1.83. The molecule has 4 heteroatoms. The topological polar surface area (TPSA) is 37.8 Å². The predicted molar refractivity (Wildman–Crippen MR) is 61.5 cm³/mol. The van der Waals surface area contributed by atoms with Gasteiger partial charge in [-0.2, -0.15) is 0 Å². The van der Waals surface area contributed by atoms with Crippen LogP contribution in [-0.2, 0) is 0 Å². The minimum atomic E-state index is 0.475. The van der Waals surface area contributed by atoms with Crippen molar-refractivity contribution < 1.29 is 0 Å². The molecule has 76 valence electrons. The van der Waals surface area contributed by atoms with E-state index in [4.69, 9.17) is 11.6 Å². The maximum Gasteiger partial charge on any atom is 0.138 e. The summed E-state index contributed by atoms with van der Waals surface area (Å²) < 4.78 is 0. The molecular formula is C11H10ClN3. The van der Waals surface area contributed by atoms with Crippen LogP contribution >= 0.6 is 11.6 Å². The highest BCUT2D eigenvalue weighted by molar-refractivity contribution is 6.30. The first-order valence-electron chi connectivity index (χ1n) is 4.56. The van der Waals surface area contributed by atoms with Crippen LogP contribution in [0.2, 0.25) is 5.15 Å². The average molecular weight is 220 g/mol. The minimum Gasteiger partial charge on any atom is -0.340 e. The fourth-order valence-electron chi connectivity index (χ4n) is 1.21. The fourth-order valence-corrected chi connectivity index (χ4v) is 1.35. The zero-order chi connectivity index (χ0) is 10.7. The van der Waals surface area contributed by atoms with E-state index in [0.29, 0.717) is 5.15 Å². The third-order valence-corrected chi connectivity index (χ3v) is 2.44. The lowest BCUT2D eigenvalue weighted by atomic mass is 10.3. The molecule has 0 spiro atoms. The zero-order valence-electron chi connectivity index (χ0n) is 8.24. The maximum atomic E-state index is 5.89. The summed E-state index contributed by atoms with van der Waals surface area (Å²) >= 11 is 5.89. The van der Waals surface area contributed by atoms with E-state index in [1.165, 1.54) is 6.33 Å². The van der Waals surface area contributed by atoms with Gasteiger partial charge in [0.1, 0.15) is 17.3 Å². The second-order valence-corrected chi connectivity index (χ2v) is 3.49. The van der Waals surface area contributed by atoms with Gasteiger partial charge in [-0.25, -0.2) is 9.97 Å². The van der Waals surface area contributed by atoms with Crippen LogP contribution in [-0.4, -0.2) is 9.97 Å². The Morgan fingerprint density at radius 2 is 1.87 bits per heavy atom. The van der Waals surface area contributed by atoms with Crippen molar-refractivity contribution in [3.63, 3.8) is 0 Å². The van der Waals surface area contributed by atoms with Gasteiger partial charge in [0.25, 0.3) is 0 Å². The van der Waals surface area contributed by atoms with Crippen molar-refractivity contribution in [2.45, 2.75) is 6.92 Å². The number of para-hydroxylation sites is 1. The van der Waals surface area contributed by atoms with E-state index >= 15 is 0 Å². The van der Waals surface area contributed by atoms with E-state index in [0.717, 1.165) is 17.1 Å². The summed E-state index contributed by atoms with van der Waals surface area (Å²) in [6, 6.07) is 9.82. The normalized spacial score (nSPS) is 10.0. The molecule has 0 radical (unpaired) electrons. The van der Waals surface area contributed by atoms with Gasteiger partial charge in [0.15, 0.2) is 0 Å². The Morgan fingerprint density at radius 3 is 2.60 bits per heavy atom. The van der Waals surface area contributed by atoms with Crippen LogP contribution < -0.4 is 5.32 Å². The average Bonchev–Trinajstić information content (AvgIpc) is 2.26. The maximum absolute atomic E-state index is 5.89. The Hall–Kier alpha value is -1.61. The van der Waals surface area contributed by atoms with Crippen LogP contribution in [0.4, 0.5) is 11.5 Å². The van der Waals surface area contributed by atoms with Gasteiger partial charge in [0.2, 0.25) is 0 Å². The van der Waals surface area contributed by atoms with Gasteiger partial charge >= 0.3 is 0 Å². The molecule has 15 heavy (non-hydrogen) atoms. The molecule has 1 aromatic carbocycles. The number of anilines is 2. The molecular weight excluding hydrogens is 210 g/mol. The summed E-state index contributed by atoms with van der Waals surface area (Å²) in [5, 5.41) is 3.65. The molecule has 3 nitrogen and oxygen atoms in total. The van der Waals surface area contributed by atoms with Crippen LogP contribution in [0.1, 0.15) is 5.56 Å². The lowest BCUT2D eigenvalue weighted by molar-refractivity contribution is 1.13. The summed E-state index contributed by atoms with van der Waals surface area (Å²) in [7, 11) is 0.